The molecular formula is C89H110Cl3N9O21S4. The predicted molar refractivity (Wildman–Crippen MR) is 491 cm³/mol. The highest BCUT2D eigenvalue weighted by Crippen LogP contribution is 2.42. The van der Waals surface area contributed by atoms with E-state index in [9.17, 15) is 77.6 Å². The fourth-order valence-electron chi connectivity index (χ4n) is 13.3. The Morgan fingerprint density at radius 2 is 0.833 bits per heavy atom. The Hall–Kier alpha value is -10.6. The molecular weight excluding hydrogens is 1770 g/mol. The van der Waals surface area contributed by atoms with Gasteiger partial charge in [0, 0.05) is 122 Å². The number of carbonyl (C=O) groups excluding carboxylic acids is 12. The number of benzene rings is 6. The summed E-state index contributed by atoms with van der Waals surface area (Å²) < 4.78 is 28.8. The average molecular weight is 1880 g/mol. The summed E-state index contributed by atoms with van der Waals surface area (Å²) in [6.45, 7) is 33.1. The number of halogens is 3. The molecule has 10 N–H and O–H groups in total. The minimum absolute atomic E-state index is 0. The van der Waals surface area contributed by atoms with Gasteiger partial charge in [-0.25, -0.2) is 9.00 Å². The standard InChI is InChI=1S/C31H37N3O7S.C27H33N3O5S.C22H23NO7.C9H16N2OS.Cl2OS.ClH/c1-7-16-32-29(38)27-31(5,6)42-18-34(27)30(39)26(41-21(4)36)24(17-22-12-9-8-10-13-22)33-28(37)23-14-11-15-25(19(23)2)40-20(3)35;1-5-14-28-25(34)23-27(3,4)36-16-30(23)26(35)22(32)20(15-18-10-7-6-8-11-18)29-24(33)19-12-9-13-21(31)17(19)2;1-13-17(10-7-11-19(13)29-14(2)24)21(26)23-18(12-16-8-5-4-6-9-16)20(22(27)28)30-15(3)25;1-4-5-10-8(12)7-9(2,3)13-6-11-7;1-4(2)3;/h7-15,24,26-27H,1,16-18H2,2-6H3,(H,32,38)(H,33,37);5-13,20,22-23,31-32H,1,14-16H2,2-4H3,(H,28,34)(H,29,33);4-11,18,20H,12H2,1-3H3,(H,23,26)(H,27,28);4,7,11H,1,5-6H2,2-3H3,(H,10,12);;1H/t24-,26-,27?;20-,22-,23?;18-,20-;;;/m000.../s1. The summed E-state index contributed by atoms with van der Waals surface area (Å²) in [5.74, 6) is -5.76. The van der Waals surface area contributed by atoms with Crippen LogP contribution in [0.15, 0.2) is 184 Å². The number of nitrogens with zero attached hydrogens (tertiary/aromatic N) is 2. The van der Waals surface area contributed by atoms with Gasteiger partial charge in [0.05, 0.1) is 29.9 Å². The van der Waals surface area contributed by atoms with Gasteiger partial charge in [-0.3, -0.25) is 62.9 Å². The number of carboxylic acids is 1. The average Bonchev–Trinajstić information content (AvgIpc) is 1.62. The van der Waals surface area contributed by atoms with Crippen LogP contribution >= 0.6 is 69.1 Å². The normalized spacial score (nSPS) is 16.7. The fourth-order valence-corrected chi connectivity index (χ4v) is 16.6. The topological polar surface area (TPSA) is 427 Å². The summed E-state index contributed by atoms with van der Waals surface area (Å²) in [5, 5.41) is 50.6. The van der Waals surface area contributed by atoms with Crippen molar-refractivity contribution >= 4 is 155 Å². The number of aliphatic carboxylic acids is 1. The molecule has 3 heterocycles. The number of amides is 8. The monoisotopic (exact) mass is 1870 g/mol. The number of thioether (sulfide) groups is 3. The van der Waals surface area contributed by atoms with Gasteiger partial charge in [-0.15, -0.1) is 67.4 Å². The van der Waals surface area contributed by atoms with Crippen molar-refractivity contribution in [2.45, 2.75) is 178 Å². The first-order valence-electron chi connectivity index (χ1n) is 39.2. The maximum atomic E-state index is 14.2. The van der Waals surface area contributed by atoms with Gasteiger partial charge < -0.3 is 76.0 Å². The summed E-state index contributed by atoms with van der Waals surface area (Å²) in [6, 6.07) is 36.5. The summed E-state index contributed by atoms with van der Waals surface area (Å²) in [5.41, 5.74) is 4.27. The van der Waals surface area contributed by atoms with E-state index in [1.807, 2.05) is 94.4 Å². The number of carbonyl (C=O) groups is 13. The van der Waals surface area contributed by atoms with E-state index in [1.165, 1.54) is 66.2 Å². The van der Waals surface area contributed by atoms with Gasteiger partial charge in [0.15, 0.2) is 6.10 Å². The van der Waals surface area contributed by atoms with Gasteiger partial charge in [-0.1, -0.05) is 127 Å². The van der Waals surface area contributed by atoms with Gasteiger partial charge in [-0.2, -0.15) is 0 Å². The molecule has 126 heavy (non-hydrogen) atoms. The van der Waals surface area contributed by atoms with Crippen molar-refractivity contribution in [3.63, 3.8) is 0 Å². The molecule has 3 unspecified atom stereocenters. The van der Waals surface area contributed by atoms with E-state index in [0.29, 0.717) is 23.2 Å². The van der Waals surface area contributed by atoms with E-state index in [2.05, 4.69) is 92.2 Å². The second-order valence-electron chi connectivity index (χ2n) is 30.1. The maximum Gasteiger partial charge on any atom is 0.347 e. The number of nitrogens with one attached hydrogen (secondary N) is 7. The maximum absolute atomic E-state index is 14.2. The number of esters is 4. The number of carboxylic acid groups (broad SMARTS) is 1. The molecule has 3 saturated heterocycles. The molecule has 682 valence electrons. The van der Waals surface area contributed by atoms with Crippen molar-refractivity contribution in [3.8, 4) is 17.2 Å². The second kappa shape index (κ2) is 51.9. The zero-order valence-electron chi connectivity index (χ0n) is 72.2. The Kier molecular flexibility index (Phi) is 44.4. The van der Waals surface area contributed by atoms with E-state index < -0.39 is 127 Å². The van der Waals surface area contributed by atoms with E-state index >= 15 is 0 Å². The largest absolute Gasteiger partial charge is 0.508 e. The Balaban J connectivity index is 0.000000363. The molecule has 30 nitrogen and oxygen atoms in total. The van der Waals surface area contributed by atoms with E-state index in [4.69, 9.17) is 23.2 Å². The lowest BCUT2D eigenvalue weighted by Crippen LogP contribution is -2.59. The third kappa shape index (κ3) is 33.0. The quantitative estimate of drug-likeness (QED) is 0.00837. The van der Waals surface area contributed by atoms with Gasteiger partial charge in [0.1, 0.15) is 35.4 Å². The van der Waals surface area contributed by atoms with E-state index in [-0.39, 0.29) is 119 Å². The molecule has 3 aliphatic heterocycles. The molecule has 8 amide bonds. The number of phenolic OH excluding ortho intramolecular Hbond substituents is 1. The zero-order chi connectivity index (χ0) is 93.2. The third-order valence-corrected chi connectivity index (χ3v) is 23.5. The molecule has 3 fully saturated rings. The second-order valence-corrected chi connectivity index (χ2v) is 37.5. The van der Waals surface area contributed by atoms with Crippen LogP contribution in [0.5, 0.6) is 17.2 Å². The number of rotatable bonds is 31. The van der Waals surface area contributed by atoms with Crippen molar-refractivity contribution in [1.29, 1.82) is 0 Å². The van der Waals surface area contributed by atoms with Crippen LogP contribution in [-0.4, -0.2) is 213 Å². The Morgan fingerprint density at radius 1 is 0.492 bits per heavy atom. The van der Waals surface area contributed by atoms with Crippen molar-refractivity contribution in [2.24, 2.45) is 0 Å². The van der Waals surface area contributed by atoms with Crippen molar-refractivity contribution in [1.82, 2.24) is 47.0 Å². The van der Waals surface area contributed by atoms with Crippen LogP contribution in [0.2, 0.25) is 0 Å². The van der Waals surface area contributed by atoms with E-state index in [1.54, 1.807) is 117 Å². The lowest BCUT2D eigenvalue weighted by molar-refractivity contribution is -0.164. The SMILES string of the molecule is C=CCNC(=O)C1N(C(=O)[C@@H](O)[C@H](Cc2ccccc2)NC(=O)c2cccc(O)c2C)CSC1(C)C.C=CCNC(=O)C1N(C(=O)[C@@H](OC(C)=O)[C@H](Cc2ccccc2)NC(=O)c2cccc(OC(C)=O)c2C)CSC1(C)C.C=CCNC(=O)C1NCSC1(C)C.CC(=O)Oc1cccc(C(=O)N[C@@H](Cc2ccccc2)[C@H](OC(C)=O)C(=O)O)c1C.Cl.O=S(Cl)Cl. The van der Waals surface area contributed by atoms with Crippen LogP contribution in [-0.2, 0) is 85.9 Å². The zero-order valence-corrected chi connectivity index (χ0v) is 77.7. The summed E-state index contributed by atoms with van der Waals surface area (Å²) in [4.78, 5) is 166. The van der Waals surface area contributed by atoms with Gasteiger partial charge in [0.25, 0.3) is 29.5 Å². The van der Waals surface area contributed by atoms with Crippen molar-refractivity contribution in [3.05, 3.63) is 234 Å². The number of hydrogen-bond donors (Lipinski definition) is 10. The lowest BCUT2D eigenvalue weighted by atomic mass is 9.96. The number of phenols is 1. The van der Waals surface area contributed by atoms with Crippen LogP contribution in [0.4, 0.5) is 0 Å². The number of aromatic hydroxyl groups is 1. The van der Waals surface area contributed by atoms with E-state index in [0.717, 1.165) is 29.5 Å². The third-order valence-electron chi connectivity index (χ3n) is 19.5. The first-order chi connectivity index (χ1) is 58.9. The van der Waals surface area contributed by atoms with Crippen LogP contribution < -0.4 is 46.7 Å². The molecule has 37 heteroatoms. The highest BCUT2D eigenvalue weighted by molar-refractivity contribution is 8.26. The molecule has 9 rings (SSSR count). The lowest BCUT2D eigenvalue weighted by Gasteiger charge is -2.34. The molecule has 0 radical (unpaired) electrons. The number of aliphatic hydroxyl groups excluding tert-OH is 1. The van der Waals surface area contributed by atoms with Gasteiger partial charge in [0.2, 0.25) is 39.2 Å². The first-order valence-corrected chi connectivity index (χ1v) is 45.0. The van der Waals surface area contributed by atoms with Crippen molar-refractivity contribution < 1.29 is 101 Å². The predicted octanol–water partition coefficient (Wildman–Crippen LogP) is 10.0. The number of aliphatic hydroxyl groups is 1. The van der Waals surface area contributed by atoms with Gasteiger partial charge in [-0.05, 0) is 135 Å². The Bertz CT molecular complexity index is 4840. The first kappa shape index (κ1) is 108. The minimum atomic E-state index is -1.67. The smallest absolute Gasteiger partial charge is 0.347 e. The molecule has 6 aromatic rings. The highest BCUT2D eigenvalue weighted by atomic mass is 36.0. The molecule has 0 bridgehead atoms. The molecule has 0 saturated carbocycles. The van der Waals surface area contributed by atoms with Crippen LogP contribution in [0, 0.1) is 20.8 Å². The summed E-state index contributed by atoms with van der Waals surface area (Å²) in [7, 11) is 7.36. The highest BCUT2D eigenvalue weighted by Gasteiger charge is 2.52. The Morgan fingerprint density at radius 3 is 1.19 bits per heavy atom. The van der Waals surface area contributed by atoms with Crippen LogP contribution in [0.25, 0.3) is 0 Å². The molecule has 0 aromatic heterocycles. The molecule has 3 aliphatic rings. The molecule has 0 aliphatic carbocycles. The molecule has 9 atom stereocenters. The molecule has 6 aromatic carbocycles. The summed E-state index contributed by atoms with van der Waals surface area (Å²) >= 11 is 4.64. The van der Waals surface area contributed by atoms with Crippen LogP contribution in [0.1, 0.15) is 134 Å². The molecule has 0 spiro atoms. The van der Waals surface area contributed by atoms with Crippen LogP contribution in [0.3, 0.4) is 0 Å². The van der Waals surface area contributed by atoms with Crippen molar-refractivity contribution in [2.75, 3.05) is 37.3 Å². The fraction of sp³-hybridized carbons (Fsp3) is 0.382. The number of ether oxygens (including phenoxy) is 4. The van der Waals surface area contributed by atoms with Gasteiger partial charge >= 0.3 is 29.8 Å². The summed E-state index contributed by atoms with van der Waals surface area (Å²) in [6.07, 6.45) is 0.637. The number of hydrogen-bond acceptors (Lipinski definition) is 24. The Labute approximate surface area is 764 Å². The minimum Gasteiger partial charge on any atom is -0.508 e.